The van der Waals surface area contributed by atoms with Crippen LogP contribution in [0, 0.1) is 0 Å². The molecule has 2 N–H and O–H groups in total. The van der Waals surface area contributed by atoms with Gasteiger partial charge in [0.15, 0.2) is 0 Å². The highest BCUT2D eigenvalue weighted by atomic mass is 16.5. The lowest BCUT2D eigenvalue weighted by Gasteiger charge is -2.23. The predicted molar refractivity (Wildman–Crippen MR) is 84.1 cm³/mol. The van der Waals surface area contributed by atoms with Crippen molar-refractivity contribution >= 4 is 5.69 Å². The molecule has 0 amide bonds. The Morgan fingerprint density at radius 1 is 1.10 bits per heavy atom. The second-order valence-corrected chi connectivity index (χ2v) is 4.70. The Morgan fingerprint density at radius 2 is 1.85 bits per heavy atom. The Hall–Kier alpha value is -2.00. The van der Waals surface area contributed by atoms with E-state index in [1.165, 1.54) is 11.3 Å². The lowest BCUT2D eigenvalue weighted by molar-refractivity contribution is 0.409. The smallest absolute Gasteiger partial charge is 0.123 e. The molecule has 0 aliphatic heterocycles. The Bertz CT molecular complexity index is 540. The van der Waals surface area contributed by atoms with E-state index in [-0.39, 0.29) is 0 Å². The number of para-hydroxylation sites is 1. The zero-order valence-electron chi connectivity index (χ0n) is 12.2. The topological polar surface area (TPSA) is 38.5 Å². The molecule has 106 valence electrons. The van der Waals surface area contributed by atoms with E-state index in [1.807, 2.05) is 12.1 Å². The van der Waals surface area contributed by atoms with Gasteiger partial charge in [-0.25, -0.2) is 0 Å². The quantitative estimate of drug-likeness (QED) is 0.876. The number of ether oxygens (including phenoxy) is 1. The third kappa shape index (κ3) is 3.31. The van der Waals surface area contributed by atoms with E-state index in [9.17, 15) is 0 Å². The summed E-state index contributed by atoms with van der Waals surface area (Å²) in [6.45, 7) is 4.49. The third-order valence-electron chi connectivity index (χ3n) is 3.45. The van der Waals surface area contributed by atoms with Gasteiger partial charge < -0.3 is 15.4 Å². The Morgan fingerprint density at radius 3 is 2.45 bits per heavy atom. The fraction of sp³-hybridized carbons (Fsp3) is 0.294. The highest BCUT2D eigenvalue weighted by Gasteiger charge is 2.07. The number of anilines is 1. The number of hydrogen-bond donors (Lipinski definition) is 1. The number of rotatable bonds is 6. The monoisotopic (exact) mass is 270 g/mol. The molecule has 2 aromatic rings. The largest absolute Gasteiger partial charge is 0.496 e. The van der Waals surface area contributed by atoms with E-state index in [0.717, 1.165) is 24.4 Å². The van der Waals surface area contributed by atoms with Crippen LogP contribution in [0.1, 0.15) is 18.1 Å². The van der Waals surface area contributed by atoms with Crippen LogP contribution in [0.15, 0.2) is 48.5 Å². The summed E-state index contributed by atoms with van der Waals surface area (Å²) in [5, 5.41) is 0. The molecule has 0 heterocycles. The molecule has 3 heteroatoms. The highest BCUT2D eigenvalue weighted by molar-refractivity contribution is 5.47. The highest BCUT2D eigenvalue weighted by Crippen LogP contribution is 2.22. The van der Waals surface area contributed by atoms with Crippen LogP contribution in [-0.2, 0) is 13.1 Å². The summed E-state index contributed by atoms with van der Waals surface area (Å²) in [6.07, 6.45) is 0. The van der Waals surface area contributed by atoms with Gasteiger partial charge in [0.1, 0.15) is 5.75 Å². The van der Waals surface area contributed by atoms with Crippen molar-refractivity contribution in [2.24, 2.45) is 5.73 Å². The first-order valence-electron chi connectivity index (χ1n) is 6.94. The van der Waals surface area contributed by atoms with Crippen LogP contribution in [-0.4, -0.2) is 13.7 Å². The molecule has 2 rings (SSSR count). The first-order chi connectivity index (χ1) is 9.78. The fourth-order valence-corrected chi connectivity index (χ4v) is 2.30. The van der Waals surface area contributed by atoms with E-state index in [1.54, 1.807) is 7.11 Å². The minimum absolute atomic E-state index is 0.500. The Kier molecular flexibility index (Phi) is 5.02. The van der Waals surface area contributed by atoms with Crippen molar-refractivity contribution in [3.63, 3.8) is 0 Å². The number of hydrogen-bond acceptors (Lipinski definition) is 3. The number of nitrogens with two attached hydrogens (primary N) is 1. The van der Waals surface area contributed by atoms with Crippen LogP contribution in [0.5, 0.6) is 5.75 Å². The maximum atomic E-state index is 5.70. The molecule has 0 fully saturated rings. The van der Waals surface area contributed by atoms with Gasteiger partial charge in [-0.15, -0.1) is 0 Å². The molecular weight excluding hydrogens is 248 g/mol. The lowest BCUT2D eigenvalue weighted by atomic mass is 10.1. The molecule has 3 nitrogen and oxygen atoms in total. The van der Waals surface area contributed by atoms with Crippen molar-refractivity contribution in [2.45, 2.75) is 20.0 Å². The molecule has 20 heavy (non-hydrogen) atoms. The van der Waals surface area contributed by atoms with Crippen LogP contribution < -0.4 is 15.4 Å². The minimum Gasteiger partial charge on any atom is -0.496 e. The number of benzene rings is 2. The van der Waals surface area contributed by atoms with Crippen molar-refractivity contribution in [1.82, 2.24) is 0 Å². The second-order valence-electron chi connectivity index (χ2n) is 4.70. The Balaban J connectivity index is 2.20. The zero-order chi connectivity index (χ0) is 14.4. The van der Waals surface area contributed by atoms with Crippen LogP contribution in [0.2, 0.25) is 0 Å². The fourth-order valence-electron chi connectivity index (χ4n) is 2.30. The van der Waals surface area contributed by atoms with Gasteiger partial charge in [-0.1, -0.05) is 30.3 Å². The summed E-state index contributed by atoms with van der Waals surface area (Å²) in [4.78, 5) is 2.33. The van der Waals surface area contributed by atoms with Gasteiger partial charge >= 0.3 is 0 Å². The van der Waals surface area contributed by atoms with E-state index in [4.69, 9.17) is 10.5 Å². The average Bonchev–Trinajstić information content (AvgIpc) is 2.53. The first-order valence-corrected chi connectivity index (χ1v) is 6.94. The molecule has 0 aliphatic carbocycles. The van der Waals surface area contributed by atoms with Crippen molar-refractivity contribution in [3.05, 3.63) is 59.7 Å². The van der Waals surface area contributed by atoms with Crippen LogP contribution in [0.4, 0.5) is 5.69 Å². The molecule has 0 saturated heterocycles. The van der Waals surface area contributed by atoms with Gasteiger partial charge in [0.2, 0.25) is 0 Å². The van der Waals surface area contributed by atoms with E-state index in [2.05, 4.69) is 48.2 Å². The SMILES string of the molecule is CCN(Cc1ccc(CN)c(OC)c1)c1ccccc1. The Labute approximate surface area is 121 Å². The van der Waals surface area contributed by atoms with Crippen LogP contribution >= 0.6 is 0 Å². The van der Waals surface area contributed by atoms with Gasteiger partial charge in [0.25, 0.3) is 0 Å². The van der Waals surface area contributed by atoms with Gasteiger partial charge in [0.05, 0.1) is 7.11 Å². The number of nitrogens with zero attached hydrogens (tertiary/aromatic N) is 1. The van der Waals surface area contributed by atoms with E-state index in [0.29, 0.717) is 6.54 Å². The second kappa shape index (κ2) is 6.96. The van der Waals surface area contributed by atoms with Crippen molar-refractivity contribution in [2.75, 3.05) is 18.6 Å². The first kappa shape index (κ1) is 14.4. The zero-order valence-corrected chi connectivity index (χ0v) is 12.2. The lowest BCUT2D eigenvalue weighted by Crippen LogP contribution is -2.21. The summed E-state index contributed by atoms with van der Waals surface area (Å²) in [7, 11) is 1.69. The van der Waals surface area contributed by atoms with Gasteiger partial charge in [0, 0.05) is 30.9 Å². The van der Waals surface area contributed by atoms with Crippen molar-refractivity contribution < 1.29 is 4.74 Å². The summed E-state index contributed by atoms with van der Waals surface area (Å²) in [5.74, 6) is 0.870. The molecule has 0 radical (unpaired) electrons. The third-order valence-corrected chi connectivity index (χ3v) is 3.45. The van der Waals surface area contributed by atoms with Gasteiger partial charge in [-0.3, -0.25) is 0 Å². The maximum absolute atomic E-state index is 5.70. The molecule has 0 saturated carbocycles. The van der Waals surface area contributed by atoms with Crippen molar-refractivity contribution in [3.8, 4) is 5.75 Å². The van der Waals surface area contributed by atoms with Crippen molar-refractivity contribution in [1.29, 1.82) is 0 Å². The van der Waals surface area contributed by atoms with Crippen LogP contribution in [0.25, 0.3) is 0 Å². The minimum atomic E-state index is 0.500. The summed E-state index contributed by atoms with van der Waals surface area (Å²) in [5.41, 5.74) is 9.20. The van der Waals surface area contributed by atoms with Gasteiger partial charge in [-0.2, -0.15) is 0 Å². The van der Waals surface area contributed by atoms with E-state index >= 15 is 0 Å². The molecule has 0 atom stereocenters. The number of methoxy groups -OCH3 is 1. The molecule has 2 aromatic carbocycles. The van der Waals surface area contributed by atoms with Crippen LogP contribution in [0.3, 0.4) is 0 Å². The summed E-state index contributed by atoms with van der Waals surface area (Å²) in [6, 6.07) is 16.7. The average molecular weight is 270 g/mol. The molecule has 0 unspecified atom stereocenters. The van der Waals surface area contributed by atoms with Gasteiger partial charge in [-0.05, 0) is 30.7 Å². The van der Waals surface area contributed by atoms with E-state index < -0.39 is 0 Å². The molecule has 0 aromatic heterocycles. The standard InChI is InChI=1S/C17H22N2O/c1-3-19(16-7-5-4-6-8-16)13-14-9-10-15(12-18)17(11-14)20-2/h4-11H,3,12-13,18H2,1-2H3. The molecular formula is C17H22N2O. The maximum Gasteiger partial charge on any atom is 0.123 e. The summed E-state index contributed by atoms with van der Waals surface area (Å²) < 4.78 is 5.40. The normalized spacial score (nSPS) is 10.3. The molecule has 0 bridgehead atoms. The predicted octanol–water partition coefficient (Wildman–Crippen LogP) is 3.18. The molecule has 0 spiro atoms. The summed E-state index contributed by atoms with van der Waals surface area (Å²) >= 11 is 0. The molecule has 0 aliphatic rings.